The minimum atomic E-state index is 0.479. The average molecular weight is 254 g/mol. The van der Waals surface area contributed by atoms with Crippen LogP contribution in [0.25, 0.3) is 0 Å². The molecule has 0 amide bonds. The summed E-state index contributed by atoms with van der Waals surface area (Å²) in [5.74, 6) is 0.743. The highest BCUT2D eigenvalue weighted by molar-refractivity contribution is 4.87. The Morgan fingerprint density at radius 2 is 1.94 bits per heavy atom. The summed E-state index contributed by atoms with van der Waals surface area (Å²) in [6.07, 6.45) is 3.94. The quantitative estimate of drug-likeness (QED) is 0.807. The van der Waals surface area contributed by atoms with Crippen LogP contribution in [-0.2, 0) is 0 Å². The summed E-state index contributed by atoms with van der Waals surface area (Å²) in [6, 6.07) is 1.43. The summed E-state index contributed by atoms with van der Waals surface area (Å²) in [6.45, 7) is 17.7. The van der Waals surface area contributed by atoms with Gasteiger partial charge in [-0.25, -0.2) is 0 Å². The van der Waals surface area contributed by atoms with Gasteiger partial charge in [-0.3, -0.25) is 4.90 Å². The summed E-state index contributed by atoms with van der Waals surface area (Å²) >= 11 is 0. The molecule has 0 aromatic rings. The van der Waals surface area contributed by atoms with E-state index in [1.54, 1.807) is 0 Å². The summed E-state index contributed by atoms with van der Waals surface area (Å²) in [5, 5.41) is 3.71. The van der Waals surface area contributed by atoms with Gasteiger partial charge in [0.1, 0.15) is 0 Å². The third kappa shape index (κ3) is 5.27. The standard InChI is InChI=1S/C16H34N2/c1-7-14-11-17-15(13(2)3)12-18(14)10-8-9-16(4,5)6/h13-15,17H,7-12H2,1-6H3. The van der Waals surface area contributed by atoms with Gasteiger partial charge in [-0.15, -0.1) is 0 Å². The largest absolute Gasteiger partial charge is 0.311 e. The van der Waals surface area contributed by atoms with Gasteiger partial charge in [0.15, 0.2) is 0 Å². The summed E-state index contributed by atoms with van der Waals surface area (Å²) in [5.41, 5.74) is 0.479. The van der Waals surface area contributed by atoms with Crippen LogP contribution in [0.4, 0.5) is 0 Å². The molecule has 2 atom stereocenters. The molecule has 1 aliphatic rings. The maximum absolute atomic E-state index is 3.71. The van der Waals surface area contributed by atoms with E-state index in [2.05, 4.69) is 51.8 Å². The predicted molar refractivity (Wildman–Crippen MR) is 81.0 cm³/mol. The second-order valence-electron chi connectivity index (χ2n) is 7.48. The summed E-state index contributed by atoms with van der Waals surface area (Å²) in [7, 11) is 0. The van der Waals surface area contributed by atoms with E-state index in [1.165, 1.54) is 38.9 Å². The number of hydrogen-bond acceptors (Lipinski definition) is 2. The number of hydrogen-bond donors (Lipinski definition) is 1. The van der Waals surface area contributed by atoms with Crippen molar-refractivity contribution in [2.24, 2.45) is 11.3 Å². The van der Waals surface area contributed by atoms with Gasteiger partial charge in [-0.2, -0.15) is 0 Å². The monoisotopic (exact) mass is 254 g/mol. The first kappa shape index (κ1) is 16.0. The molecule has 0 bridgehead atoms. The maximum Gasteiger partial charge on any atom is 0.0218 e. The molecule has 108 valence electrons. The minimum Gasteiger partial charge on any atom is -0.311 e. The van der Waals surface area contributed by atoms with Crippen LogP contribution in [0.2, 0.25) is 0 Å². The van der Waals surface area contributed by atoms with E-state index in [9.17, 15) is 0 Å². The fraction of sp³-hybridized carbons (Fsp3) is 1.00. The maximum atomic E-state index is 3.71. The van der Waals surface area contributed by atoms with Crippen molar-refractivity contribution in [1.29, 1.82) is 0 Å². The van der Waals surface area contributed by atoms with Crippen molar-refractivity contribution in [3.05, 3.63) is 0 Å². The first-order valence-corrected chi connectivity index (χ1v) is 7.81. The van der Waals surface area contributed by atoms with Crippen LogP contribution in [0.1, 0.15) is 60.8 Å². The second kappa shape index (κ2) is 6.91. The first-order valence-electron chi connectivity index (χ1n) is 7.81. The van der Waals surface area contributed by atoms with Gasteiger partial charge in [-0.05, 0) is 37.1 Å². The lowest BCUT2D eigenvalue weighted by Gasteiger charge is -2.42. The Morgan fingerprint density at radius 1 is 1.28 bits per heavy atom. The smallest absolute Gasteiger partial charge is 0.0218 e. The molecular weight excluding hydrogens is 220 g/mol. The van der Waals surface area contributed by atoms with Crippen LogP contribution < -0.4 is 5.32 Å². The van der Waals surface area contributed by atoms with Gasteiger partial charge >= 0.3 is 0 Å². The molecule has 1 aliphatic heterocycles. The summed E-state index contributed by atoms with van der Waals surface area (Å²) < 4.78 is 0. The zero-order valence-electron chi connectivity index (χ0n) is 13.4. The molecule has 2 heteroatoms. The zero-order chi connectivity index (χ0) is 13.8. The molecule has 1 fully saturated rings. The minimum absolute atomic E-state index is 0.479. The van der Waals surface area contributed by atoms with Crippen LogP contribution in [-0.4, -0.2) is 36.6 Å². The Kier molecular flexibility index (Phi) is 6.13. The van der Waals surface area contributed by atoms with E-state index in [0.717, 1.165) is 12.0 Å². The Labute approximate surface area is 115 Å². The second-order valence-corrected chi connectivity index (χ2v) is 7.48. The average Bonchev–Trinajstić information content (AvgIpc) is 2.27. The van der Waals surface area contributed by atoms with E-state index in [4.69, 9.17) is 0 Å². The molecule has 0 aromatic carbocycles. The normalized spacial score (nSPS) is 26.8. The van der Waals surface area contributed by atoms with Crippen molar-refractivity contribution in [2.45, 2.75) is 72.9 Å². The van der Waals surface area contributed by atoms with Gasteiger partial charge in [0.05, 0.1) is 0 Å². The highest BCUT2D eigenvalue weighted by atomic mass is 15.2. The zero-order valence-corrected chi connectivity index (χ0v) is 13.4. The molecule has 0 spiro atoms. The predicted octanol–water partition coefficient (Wildman–Crippen LogP) is 3.52. The molecule has 1 saturated heterocycles. The van der Waals surface area contributed by atoms with Crippen LogP contribution in [0, 0.1) is 11.3 Å². The van der Waals surface area contributed by atoms with Crippen molar-refractivity contribution in [2.75, 3.05) is 19.6 Å². The Balaban J connectivity index is 2.43. The number of nitrogens with one attached hydrogen (secondary N) is 1. The number of piperazine rings is 1. The van der Waals surface area contributed by atoms with Crippen LogP contribution in [0.5, 0.6) is 0 Å². The van der Waals surface area contributed by atoms with E-state index in [0.29, 0.717) is 11.5 Å². The van der Waals surface area contributed by atoms with Gasteiger partial charge in [-0.1, -0.05) is 41.5 Å². The van der Waals surface area contributed by atoms with Gasteiger partial charge in [0.25, 0.3) is 0 Å². The molecule has 1 rings (SSSR count). The third-order valence-corrected chi connectivity index (χ3v) is 4.21. The molecule has 1 heterocycles. The van der Waals surface area contributed by atoms with Crippen LogP contribution >= 0.6 is 0 Å². The fourth-order valence-electron chi connectivity index (χ4n) is 2.82. The fourth-order valence-corrected chi connectivity index (χ4v) is 2.82. The molecule has 0 saturated carbocycles. The Hall–Kier alpha value is -0.0800. The molecule has 1 N–H and O–H groups in total. The van der Waals surface area contributed by atoms with Gasteiger partial charge < -0.3 is 5.32 Å². The third-order valence-electron chi connectivity index (χ3n) is 4.21. The van der Waals surface area contributed by atoms with E-state index < -0.39 is 0 Å². The van der Waals surface area contributed by atoms with Gasteiger partial charge in [0.2, 0.25) is 0 Å². The van der Waals surface area contributed by atoms with Crippen molar-refractivity contribution >= 4 is 0 Å². The number of rotatable bonds is 5. The van der Waals surface area contributed by atoms with Crippen molar-refractivity contribution in [3.8, 4) is 0 Å². The highest BCUT2D eigenvalue weighted by Crippen LogP contribution is 2.22. The molecule has 0 aliphatic carbocycles. The number of nitrogens with zero attached hydrogens (tertiary/aromatic N) is 1. The first-order chi connectivity index (χ1) is 8.33. The van der Waals surface area contributed by atoms with Crippen molar-refractivity contribution < 1.29 is 0 Å². The molecule has 2 nitrogen and oxygen atoms in total. The molecular formula is C16H34N2. The molecule has 18 heavy (non-hydrogen) atoms. The summed E-state index contributed by atoms with van der Waals surface area (Å²) in [4.78, 5) is 2.73. The Morgan fingerprint density at radius 3 is 2.44 bits per heavy atom. The van der Waals surface area contributed by atoms with Crippen molar-refractivity contribution in [1.82, 2.24) is 10.2 Å². The van der Waals surface area contributed by atoms with E-state index in [1.807, 2.05) is 0 Å². The van der Waals surface area contributed by atoms with Crippen molar-refractivity contribution in [3.63, 3.8) is 0 Å². The highest BCUT2D eigenvalue weighted by Gasteiger charge is 2.27. The Bertz CT molecular complexity index is 230. The molecule has 0 radical (unpaired) electrons. The lowest BCUT2D eigenvalue weighted by atomic mass is 9.90. The van der Waals surface area contributed by atoms with E-state index in [-0.39, 0.29) is 0 Å². The lowest BCUT2D eigenvalue weighted by Crippen LogP contribution is -2.58. The molecule has 2 unspecified atom stereocenters. The van der Waals surface area contributed by atoms with Crippen LogP contribution in [0.3, 0.4) is 0 Å². The topological polar surface area (TPSA) is 15.3 Å². The lowest BCUT2D eigenvalue weighted by molar-refractivity contribution is 0.105. The molecule has 0 aromatic heterocycles. The SMILES string of the molecule is CCC1CNC(C(C)C)CN1CCCC(C)(C)C. The van der Waals surface area contributed by atoms with Crippen LogP contribution in [0.15, 0.2) is 0 Å². The van der Waals surface area contributed by atoms with Gasteiger partial charge in [0, 0.05) is 25.2 Å². The van der Waals surface area contributed by atoms with E-state index >= 15 is 0 Å².